The van der Waals surface area contributed by atoms with E-state index in [9.17, 15) is 13.2 Å². The van der Waals surface area contributed by atoms with E-state index in [1.807, 2.05) is 0 Å². The molecule has 14 heavy (non-hydrogen) atoms. The Labute approximate surface area is 78.8 Å². The molecule has 0 amide bonds. The number of alkyl halides is 3. The van der Waals surface area contributed by atoms with Crippen LogP contribution in [0, 0.1) is 0 Å². The fourth-order valence-electron chi connectivity index (χ4n) is 1.00. The van der Waals surface area contributed by atoms with Crippen LogP contribution in [0.25, 0.3) is 0 Å². The Kier molecular flexibility index (Phi) is 2.97. The molecule has 0 aliphatic carbocycles. The van der Waals surface area contributed by atoms with Gasteiger partial charge in [0.05, 0.1) is 18.4 Å². The highest BCUT2D eigenvalue weighted by atomic mass is 19.4. The Balaban J connectivity index is 3.16. The van der Waals surface area contributed by atoms with Gasteiger partial charge in [0.15, 0.2) is 0 Å². The summed E-state index contributed by atoms with van der Waals surface area (Å²) in [5.74, 6) is 5.20. The first-order valence-electron chi connectivity index (χ1n) is 3.72. The van der Waals surface area contributed by atoms with Gasteiger partial charge in [0.2, 0.25) is 0 Å². The molecule has 0 saturated heterocycles. The fourth-order valence-corrected chi connectivity index (χ4v) is 1.00. The summed E-state index contributed by atoms with van der Waals surface area (Å²) in [6.07, 6.45) is -4.44. The van der Waals surface area contributed by atoms with Crippen LogP contribution in [0.3, 0.4) is 0 Å². The summed E-state index contributed by atoms with van der Waals surface area (Å²) < 4.78 is 37.2. The standard InChI is InChI=1S/C8H9F3N2O/c1-14-13(12)7-5-3-2-4-6(7)8(9,10)11/h2-5H,12H2,1H3. The van der Waals surface area contributed by atoms with E-state index in [2.05, 4.69) is 4.84 Å². The average Bonchev–Trinajstić information content (AvgIpc) is 2.15. The van der Waals surface area contributed by atoms with E-state index in [-0.39, 0.29) is 5.69 Å². The van der Waals surface area contributed by atoms with Gasteiger partial charge in [-0.15, -0.1) is 0 Å². The summed E-state index contributed by atoms with van der Waals surface area (Å²) in [5.41, 5.74) is -1.05. The van der Waals surface area contributed by atoms with Gasteiger partial charge in [-0.3, -0.25) is 4.84 Å². The highest BCUT2D eigenvalue weighted by Crippen LogP contribution is 2.35. The number of nitrogens with two attached hydrogens (primary N) is 1. The topological polar surface area (TPSA) is 38.5 Å². The van der Waals surface area contributed by atoms with Crippen molar-refractivity contribution in [1.29, 1.82) is 0 Å². The summed E-state index contributed by atoms with van der Waals surface area (Å²) in [6, 6.07) is 4.90. The predicted molar refractivity (Wildman–Crippen MR) is 45.1 cm³/mol. The highest BCUT2D eigenvalue weighted by molar-refractivity contribution is 5.51. The second-order valence-corrected chi connectivity index (χ2v) is 2.52. The molecule has 0 spiro atoms. The predicted octanol–water partition coefficient (Wildman–Crippen LogP) is 1.95. The van der Waals surface area contributed by atoms with Crippen molar-refractivity contribution in [2.75, 3.05) is 12.3 Å². The maximum Gasteiger partial charge on any atom is 0.418 e. The van der Waals surface area contributed by atoms with Crippen molar-refractivity contribution >= 4 is 5.69 Å². The van der Waals surface area contributed by atoms with Crippen LogP contribution in [-0.2, 0) is 11.0 Å². The van der Waals surface area contributed by atoms with Crippen LogP contribution in [0.4, 0.5) is 18.9 Å². The molecule has 0 unspecified atom stereocenters. The quantitative estimate of drug-likeness (QED) is 0.593. The van der Waals surface area contributed by atoms with E-state index >= 15 is 0 Å². The SMILES string of the molecule is CON(N)c1ccccc1C(F)(F)F. The smallest absolute Gasteiger partial charge is 0.261 e. The van der Waals surface area contributed by atoms with Crippen LogP contribution >= 0.6 is 0 Å². The molecule has 78 valence electrons. The number of hydrogen-bond donors (Lipinski definition) is 1. The third kappa shape index (κ3) is 2.15. The molecule has 1 aromatic rings. The van der Waals surface area contributed by atoms with Crippen molar-refractivity contribution in [1.82, 2.24) is 0 Å². The number of nitrogens with zero attached hydrogens (tertiary/aromatic N) is 1. The highest BCUT2D eigenvalue weighted by Gasteiger charge is 2.34. The molecule has 0 aliphatic heterocycles. The molecule has 0 fully saturated rings. The number of halogens is 3. The van der Waals surface area contributed by atoms with Crippen LogP contribution in [0.15, 0.2) is 24.3 Å². The van der Waals surface area contributed by atoms with Crippen molar-refractivity contribution < 1.29 is 18.0 Å². The van der Waals surface area contributed by atoms with Gasteiger partial charge in [0.1, 0.15) is 0 Å². The molecule has 0 heterocycles. The molecule has 0 aromatic heterocycles. The summed E-state index contributed by atoms with van der Waals surface area (Å²) >= 11 is 0. The van der Waals surface area contributed by atoms with E-state index in [1.165, 1.54) is 25.3 Å². The molecule has 0 radical (unpaired) electrons. The zero-order chi connectivity index (χ0) is 10.8. The molecule has 1 rings (SSSR count). The third-order valence-corrected chi connectivity index (χ3v) is 1.64. The summed E-state index contributed by atoms with van der Waals surface area (Å²) in [4.78, 5) is 4.48. The first kappa shape index (κ1) is 10.8. The van der Waals surface area contributed by atoms with Gasteiger partial charge in [-0.1, -0.05) is 12.1 Å². The maximum absolute atomic E-state index is 12.4. The van der Waals surface area contributed by atoms with Crippen molar-refractivity contribution in [2.45, 2.75) is 6.18 Å². The van der Waals surface area contributed by atoms with Gasteiger partial charge in [-0.25, -0.2) is 5.84 Å². The lowest BCUT2D eigenvalue weighted by Crippen LogP contribution is -2.31. The van der Waals surface area contributed by atoms with Crippen molar-refractivity contribution in [2.24, 2.45) is 5.84 Å². The first-order chi connectivity index (χ1) is 6.46. The van der Waals surface area contributed by atoms with Crippen LogP contribution in [0.5, 0.6) is 0 Å². The van der Waals surface area contributed by atoms with Crippen LogP contribution in [0.2, 0.25) is 0 Å². The van der Waals surface area contributed by atoms with Gasteiger partial charge in [-0.05, 0) is 12.1 Å². The largest absolute Gasteiger partial charge is 0.418 e. The number of benzene rings is 1. The van der Waals surface area contributed by atoms with Gasteiger partial charge < -0.3 is 0 Å². The Morgan fingerprint density at radius 3 is 2.36 bits per heavy atom. The Morgan fingerprint density at radius 1 is 1.29 bits per heavy atom. The normalized spacial score (nSPS) is 11.5. The zero-order valence-electron chi connectivity index (χ0n) is 7.38. The summed E-state index contributed by atoms with van der Waals surface area (Å²) in [6.45, 7) is 0. The number of rotatable bonds is 2. The second kappa shape index (κ2) is 3.85. The number of para-hydroxylation sites is 1. The lowest BCUT2D eigenvalue weighted by Gasteiger charge is -2.19. The minimum absolute atomic E-state index is 0.220. The van der Waals surface area contributed by atoms with Gasteiger partial charge in [0.25, 0.3) is 0 Å². The zero-order valence-corrected chi connectivity index (χ0v) is 7.38. The number of anilines is 1. The molecule has 0 saturated carbocycles. The van der Waals surface area contributed by atoms with Crippen molar-refractivity contribution in [3.05, 3.63) is 29.8 Å². The lowest BCUT2D eigenvalue weighted by molar-refractivity contribution is -0.137. The first-order valence-corrected chi connectivity index (χ1v) is 3.72. The van der Waals surface area contributed by atoms with E-state index in [1.54, 1.807) is 0 Å². The molecular formula is C8H9F3N2O. The third-order valence-electron chi connectivity index (χ3n) is 1.64. The Bertz CT molecular complexity index is 314. The molecule has 0 atom stereocenters. The van der Waals surface area contributed by atoms with E-state index in [4.69, 9.17) is 5.84 Å². The van der Waals surface area contributed by atoms with Crippen molar-refractivity contribution in [3.63, 3.8) is 0 Å². The van der Waals surface area contributed by atoms with Crippen molar-refractivity contribution in [3.8, 4) is 0 Å². The molecule has 2 N–H and O–H groups in total. The maximum atomic E-state index is 12.4. The lowest BCUT2D eigenvalue weighted by atomic mass is 10.2. The number of hydrazine groups is 1. The minimum Gasteiger partial charge on any atom is -0.261 e. The summed E-state index contributed by atoms with van der Waals surface area (Å²) in [7, 11) is 1.19. The van der Waals surface area contributed by atoms with E-state index in [0.29, 0.717) is 5.17 Å². The Hall–Kier alpha value is -1.27. The fraction of sp³-hybridized carbons (Fsp3) is 0.250. The molecule has 0 bridgehead atoms. The van der Waals surface area contributed by atoms with Gasteiger partial charge in [0, 0.05) is 0 Å². The molecule has 1 aromatic carbocycles. The van der Waals surface area contributed by atoms with Crippen LogP contribution in [-0.4, -0.2) is 7.11 Å². The monoisotopic (exact) mass is 206 g/mol. The second-order valence-electron chi connectivity index (χ2n) is 2.52. The van der Waals surface area contributed by atoms with Crippen LogP contribution in [0.1, 0.15) is 5.56 Å². The average molecular weight is 206 g/mol. The molecule has 6 heteroatoms. The van der Waals surface area contributed by atoms with E-state index < -0.39 is 11.7 Å². The minimum atomic E-state index is -4.44. The van der Waals surface area contributed by atoms with Crippen LogP contribution < -0.4 is 11.0 Å². The molecule has 3 nitrogen and oxygen atoms in total. The summed E-state index contributed by atoms with van der Waals surface area (Å²) in [5, 5.41) is 0.572. The number of hydrogen-bond acceptors (Lipinski definition) is 3. The van der Waals surface area contributed by atoms with E-state index in [0.717, 1.165) is 6.07 Å². The van der Waals surface area contributed by atoms with Gasteiger partial charge in [-0.2, -0.15) is 18.3 Å². The van der Waals surface area contributed by atoms with Gasteiger partial charge >= 0.3 is 6.18 Å². The molecule has 0 aliphatic rings. The molecular weight excluding hydrogens is 197 g/mol. The Morgan fingerprint density at radius 2 is 1.86 bits per heavy atom.